The van der Waals surface area contributed by atoms with Gasteiger partial charge in [-0.3, -0.25) is 0 Å². The maximum absolute atomic E-state index is 5.49. The SMILES string of the molecule is Cc1c[nH]c2ccc(CCCN)cc12. The summed E-state index contributed by atoms with van der Waals surface area (Å²) < 4.78 is 0. The molecule has 0 radical (unpaired) electrons. The van der Waals surface area contributed by atoms with Gasteiger partial charge in [0.15, 0.2) is 0 Å². The average molecular weight is 188 g/mol. The highest BCUT2D eigenvalue weighted by Gasteiger charge is 2.00. The maximum atomic E-state index is 5.49. The summed E-state index contributed by atoms with van der Waals surface area (Å²) in [6.45, 7) is 2.90. The minimum atomic E-state index is 0.768. The fourth-order valence-corrected chi connectivity index (χ4v) is 1.77. The Hall–Kier alpha value is -1.28. The van der Waals surface area contributed by atoms with Crippen molar-refractivity contribution in [3.63, 3.8) is 0 Å². The van der Waals surface area contributed by atoms with Crippen molar-refractivity contribution in [2.24, 2.45) is 5.73 Å². The molecule has 0 spiro atoms. The Morgan fingerprint density at radius 2 is 2.21 bits per heavy atom. The van der Waals surface area contributed by atoms with Crippen LogP contribution in [0.25, 0.3) is 10.9 Å². The quantitative estimate of drug-likeness (QED) is 0.763. The highest BCUT2D eigenvalue weighted by Crippen LogP contribution is 2.19. The molecule has 0 atom stereocenters. The first-order valence-electron chi connectivity index (χ1n) is 5.08. The molecule has 2 nitrogen and oxygen atoms in total. The van der Waals surface area contributed by atoms with E-state index in [1.807, 2.05) is 0 Å². The van der Waals surface area contributed by atoms with Crippen LogP contribution < -0.4 is 5.73 Å². The summed E-state index contributed by atoms with van der Waals surface area (Å²) in [5.41, 5.74) is 9.41. The number of hydrogen-bond acceptors (Lipinski definition) is 1. The fourth-order valence-electron chi connectivity index (χ4n) is 1.77. The van der Waals surface area contributed by atoms with Crippen LogP contribution in [0.15, 0.2) is 24.4 Å². The van der Waals surface area contributed by atoms with E-state index in [9.17, 15) is 0 Å². The standard InChI is InChI=1S/C12H16N2/c1-9-8-14-12-5-4-10(3-2-6-13)7-11(9)12/h4-5,7-8,14H,2-3,6,13H2,1H3. The molecule has 1 aromatic heterocycles. The van der Waals surface area contributed by atoms with E-state index >= 15 is 0 Å². The summed E-state index contributed by atoms with van der Waals surface area (Å²) in [5, 5.41) is 1.33. The van der Waals surface area contributed by atoms with E-state index in [1.165, 1.54) is 22.0 Å². The molecule has 0 saturated heterocycles. The van der Waals surface area contributed by atoms with E-state index in [1.54, 1.807) is 0 Å². The van der Waals surface area contributed by atoms with Gasteiger partial charge in [-0.15, -0.1) is 0 Å². The fraction of sp³-hybridized carbons (Fsp3) is 0.333. The second-order valence-electron chi connectivity index (χ2n) is 3.74. The molecule has 1 heterocycles. The minimum absolute atomic E-state index is 0.768. The van der Waals surface area contributed by atoms with Crippen molar-refractivity contribution in [1.82, 2.24) is 4.98 Å². The molecule has 0 aliphatic rings. The molecule has 1 aromatic carbocycles. The monoisotopic (exact) mass is 188 g/mol. The third-order valence-electron chi connectivity index (χ3n) is 2.62. The minimum Gasteiger partial charge on any atom is -0.361 e. The summed E-state index contributed by atoms with van der Waals surface area (Å²) in [7, 11) is 0. The van der Waals surface area contributed by atoms with Crippen molar-refractivity contribution in [2.75, 3.05) is 6.54 Å². The Kier molecular flexibility index (Phi) is 2.55. The topological polar surface area (TPSA) is 41.8 Å². The van der Waals surface area contributed by atoms with Crippen LogP contribution in [0.4, 0.5) is 0 Å². The Bertz CT molecular complexity index is 429. The molecule has 0 saturated carbocycles. The van der Waals surface area contributed by atoms with Crippen LogP contribution in [-0.4, -0.2) is 11.5 Å². The zero-order valence-electron chi connectivity index (χ0n) is 8.51. The number of aromatic amines is 1. The van der Waals surface area contributed by atoms with Gasteiger partial charge in [0, 0.05) is 17.1 Å². The normalized spacial score (nSPS) is 11.0. The van der Waals surface area contributed by atoms with E-state index in [0.717, 1.165) is 19.4 Å². The summed E-state index contributed by atoms with van der Waals surface area (Å²) >= 11 is 0. The number of hydrogen-bond donors (Lipinski definition) is 2. The highest BCUT2D eigenvalue weighted by atomic mass is 14.7. The molecular weight excluding hydrogens is 172 g/mol. The van der Waals surface area contributed by atoms with Crippen LogP contribution in [0.5, 0.6) is 0 Å². The van der Waals surface area contributed by atoms with Crippen LogP contribution in [0, 0.1) is 6.92 Å². The van der Waals surface area contributed by atoms with Crippen molar-refractivity contribution in [1.29, 1.82) is 0 Å². The van der Waals surface area contributed by atoms with Gasteiger partial charge in [0.1, 0.15) is 0 Å². The molecule has 0 bridgehead atoms. The number of rotatable bonds is 3. The van der Waals surface area contributed by atoms with Crippen molar-refractivity contribution in [2.45, 2.75) is 19.8 Å². The lowest BCUT2D eigenvalue weighted by Crippen LogP contribution is -2.00. The van der Waals surface area contributed by atoms with Gasteiger partial charge in [0.05, 0.1) is 0 Å². The van der Waals surface area contributed by atoms with E-state index < -0.39 is 0 Å². The van der Waals surface area contributed by atoms with E-state index in [0.29, 0.717) is 0 Å². The van der Waals surface area contributed by atoms with Gasteiger partial charge in [-0.2, -0.15) is 0 Å². The molecule has 3 N–H and O–H groups in total. The number of nitrogens with one attached hydrogen (secondary N) is 1. The van der Waals surface area contributed by atoms with E-state index in [4.69, 9.17) is 5.73 Å². The van der Waals surface area contributed by atoms with Gasteiger partial charge in [-0.25, -0.2) is 0 Å². The number of benzene rings is 1. The number of aryl methyl sites for hydroxylation is 2. The second kappa shape index (κ2) is 3.84. The summed E-state index contributed by atoms with van der Waals surface area (Å²) in [6, 6.07) is 6.58. The Morgan fingerprint density at radius 1 is 1.36 bits per heavy atom. The molecule has 0 unspecified atom stereocenters. The Morgan fingerprint density at radius 3 is 3.00 bits per heavy atom. The molecule has 2 heteroatoms. The van der Waals surface area contributed by atoms with Gasteiger partial charge in [-0.05, 0) is 49.6 Å². The predicted molar refractivity (Wildman–Crippen MR) is 60.4 cm³/mol. The average Bonchev–Trinajstić information content (AvgIpc) is 2.57. The first kappa shape index (κ1) is 9.28. The summed E-state index contributed by atoms with van der Waals surface area (Å²) in [5.74, 6) is 0. The van der Waals surface area contributed by atoms with Crippen LogP contribution in [0.3, 0.4) is 0 Å². The molecule has 2 aromatic rings. The molecule has 0 aliphatic carbocycles. The molecule has 0 aliphatic heterocycles. The van der Waals surface area contributed by atoms with Gasteiger partial charge in [0.25, 0.3) is 0 Å². The van der Waals surface area contributed by atoms with Gasteiger partial charge in [-0.1, -0.05) is 6.07 Å². The van der Waals surface area contributed by atoms with Gasteiger partial charge >= 0.3 is 0 Å². The smallest absolute Gasteiger partial charge is 0.0456 e. The molecule has 14 heavy (non-hydrogen) atoms. The largest absolute Gasteiger partial charge is 0.361 e. The summed E-state index contributed by atoms with van der Waals surface area (Å²) in [6.07, 6.45) is 4.20. The van der Waals surface area contributed by atoms with Gasteiger partial charge < -0.3 is 10.7 Å². The molecule has 0 amide bonds. The van der Waals surface area contributed by atoms with Crippen molar-refractivity contribution in [3.05, 3.63) is 35.5 Å². The number of aromatic nitrogens is 1. The zero-order chi connectivity index (χ0) is 9.97. The Balaban J connectivity index is 2.34. The molecular formula is C12H16N2. The van der Waals surface area contributed by atoms with Crippen molar-refractivity contribution < 1.29 is 0 Å². The lowest BCUT2D eigenvalue weighted by molar-refractivity contribution is 0.833. The zero-order valence-corrected chi connectivity index (χ0v) is 8.51. The van der Waals surface area contributed by atoms with Gasteiger partial charge in [0.2, 0.25) is 0 Å². The van der Waals surface area contributed by atoms with E-state index in [-0.39, 0.29) is 0 Å². The van der Waals surface area contributed by atoms with Crippen LogP contribution in [0.2, 0.25) is 0 Å². The van der Waals surface area contributed by atoms with E-state index in [2.05, 4.69) is 36.3 Å². The molecule has 0 fully saturated rings. The van der Waals surface area contributed by atoms with Crippen molar-refractivity contribution >= 4 is 10.9 Å². The molecule has 74 valence electrons. The Labute approximate surface area is 84.1 Å². The van der Waals surface area contributed by atoms with Crippen LogP contribution >= 0.6 is 0 Å². The first-order chi connectivity index (χ1) is 6.81. The van der Waals surface area contributed by atoms with Crippen LogP contribution in [-0.2, 0) is 6.42 Å². The van der Waals surface area contributed by atoms with Crippen LogP contribution in [0.1, 0.15) is 17.5 Å². The first-order valence-corrected chi connectivity index (χ1v) is 5.08. The number of nitrogens with two attached hydrogens (primary N) is 1. The molecule has 2 rings (SSSR count). The predicted octanol–water partition coefficient (Wildman–Crippen LogP) is 2.37. The summed E-state index contributed by atoms with van der Waals surface area (Å²) in [4.78, 5) is 3.25. The van der Waals surface area contributed by atoms with Crippen molar-refractivity contribution in [3.8, 4) is 0 Å². The third-order valence-corrected chi connectivity index (χ3v) is 2.62. The second-order valence-corrected chi connectivity index (χ2v) is 3.74. The highest BCUT2D eigenvalue weighted by molar-refractivity contribution is 5.83. The maximum Gasteiger partial charge on any atom is 0.0456 e. The number of fused-ring (bicyclic) bond motifs is 1. The number of H-pyrrole nitrogens is 1. The lowest BCUT2D eigenvalue weighted by atomic mass is 10.1. The third kappa shape index (κ3) is 1.66. The lowest BCUT2D eigenvalue weighted by Gasteiger charge is -2.00.